The number of amides is 4. The SMILES string of the molecule is Cc1ccc(S(=O)(=O)N(CC(=O)NN2C(=O)NC3(CCC(C)CC3)C2=O)Cc2ccco2)cc1. The topological polar surface area (TPSA) is 129 Å². The Balaban J connectivity index is 1.51. The minimum absolute atomic E-state index is 0.0164. The number of urea groups is 1. The van der Waals surface area contributed by atoms with E-state index in [1.807, 2.05) is 6.92 Å². The van der Waals surface area contributed by atoms with Gasteiger partial charge in [-0.1, -0.05) is 24.6 Å². The molecule has 0 atom stereocenters. The number of nitrogens with one attached hydrogen (secondary N) is 2. The summed E-state index contributed by atoms with van der Waals surface area (Å²) in [5, 5.41) is 3.39. The molecule has 1 spiro atoms. The van der Waals surface area contributed by atoms with Crippen LogP contribution < -0.4 is 10.7 Å². The molecule has 2 aromatic rings. The first kappa shape index (κ1) is 24.0. The van der Waals surface area contributed by atoms with Crippen LogP contribution in [0.2, 0.25) is 0 Å². The van der Waals surface area contributed by atoms with Crippen LogP contribution in [0.5, 0.6) is 0 Å². The van der Waals surface area contributed by atoms with Crippen LogP contribution in [0.15, 0.2) is 52.0 Å². The van der Waals surface area contributed by atoms with Gasteiger partial charge in [-0.3, -0.25) is 15.0 Å². The molecule has 1 saturated carbocycles. The summed E-state index contributed by atoms with van der Waals surface area (Å²) in [7, 11) is -4.07. The van der Waals surface area contributed by atoms with Crippen LogP contribution in [0.3, 0.4) is 0 Å². The number of aryl methyl sites for hydroxylation is 1. The molecular formula is C23H28N4O6S. The maximum absolute atomic E-state index is 13.3. The Bertz CT molecular complexity index is 1170. The summed E-state index contributed by atoms with van der Waals surface area (Å²) in [5.41, 5.74) is 2.17. The smallest absolute Gasteiger partial charge is 0.344 e. The van der Waals surface area contributed by atoms with Gasteiger partial charge in [-0.25, -0.2) is 13.2 Å². The number of carbonyl (C=O) groups excluding carboxylic acids is 3. The third-order valence-electron chi connectivity index (χ3n) is 6.42. The highest BCUT2D eigenvalue weighted by atomic mass is 32.2. The molecule has 1 saturated heterocycles. The van der Waals surface area contributed by atoms with Crippen LogP contribution >= 0.6 is 0 Å². The summed E-state index contributed by atoms with van der Waals surface area (Å²) in [5.74, 6) is -0.529. The predicted octanol–water partition coefficient (Wildman–Crippen LogP) is 2.31. The molecule has 2 heterocycles. The number of furan rings is 1. The molecular weight excluding hydrogens is 460 g/mol. The van der Waals surface area contributed by atoms with Crippen LogP contribution in [0.25, 0.3) is 0 Å². The van der Waals surface area contributed by atoms with E-state index in [1.54, 1.807) is 24.3 Å². The van der Waals surface area contributed by atoms with Crippen molar-refractivity contribution >= 4 is 27.9 Å². The lowest BCUT2D eigenvalue weighted by atomic mass is 9.77. The van der Waals surface area contributed by atoms with Gasteiger partial charge in [-0.05, 0) is 62.8 Å². The third kappa shape index (κ3) is 4.71. The van der Waals surface area contributed by atoms with Crippen LogP contribution in [-0.4, -0.2) is 47.7 Å². The van der Waals surface area contributed by atoms with Gasteiger partial charge in [-0.15, -0.1) is 0 Å². The number of hydrazine groups is 1. The van der Waals surface area contributed by atoms with E-state index in [0.29, 0.717) is 29.5 Å². The fourth-order valence-electron chi connectivity index (χ4n) is 4.30. The highest BCUT2D eigenvalue weighted by molar-refractivity contribution is 7.89. The molecule has 34 heavy (non-hydrogen) atoms. The minimum atomic E-state index is -4.07. The quantitative estimate of drug-likeness (QED) is 0.576. The van der Waals surface area contributed by atoms with Crippen molar-refractivity contribution in [3.63, 3.8) is 0 Å². The summed E-state index contributed by atoms with van der Waals surface area (Å²) in [6.45, 7) is 3.12. The highest BCUT2D eigenvalue weighted by Gasteiger charge is 2.53. The number of hydrogen-bond acceptors (Lipinski definition) is 6. The first-order chi connectivity index (χ1) is 16.1. The Morgan fingerprint density at radius 3 is 2.50 bits per heavy atom. The Hall–Kier alpha value is -3.18. The van der Waals surface area contributed by atoms with Crippen LogP contribution in [0.1, 0.15) is 43.9 Å². The van der Waals surface area contributed by atoms with Crippen molar-refractivity contribution in [2.45, 2.75) is 56.5 Å². The second-order valence-corrected chi connectivity index (χ2v) is 11.0. The Kier molecular flexibility index (Phi) is 6.50. The average Bonchev–Trinajstić information content (AvgIpc) is 3.38. The fourth-order valence-corrected chi connectivity index (χ4v) is 5.66. The standard InChI is InChI=1S/C23H28N4O6S/c1-16-5-7-19(8-6-16)34(31,32)26(14-18-4-3-13-33-18)15-20(28)25-27-21(29)23(24-22(27)30)11-9-17(2)10-12-23/h3-8,13,17H,9-12,14-15H2,1-2H3,(H,24,30)(H,25,28). The molecule has 1 aromatic heterocycles. The molecule has 182 valence electrons. The van der Waals surface area contributed by atoms with E-state index in [4.69, 9.17) is 4.42 Å². The number of rotatable bonds is 7. The number of nitrogens with zero attached hydrogens (tertiary/aromatic N) is 2. The number of sulfonamides is 1. The van der Waals surface area contributed by atoms with Gasteiger partial charge < -0.3 is 9.73 Å². The average molecular weight is 489 g/mol. The van der Waals surface area contributed by atoms with E-state index in [1.165, 1.54) is 18.4 Å². The molecule has 2 aliphatic rings. The van der Waals surface area contributed by atoms with Gasteiger partial charge in [0.25, 0.3) is 11.8 Å². The van der Waals surface area contributed by atoms with Gasteiger partial charge in [-0.2, -0.15) is 9.31 Å². The van der Waals surface area contributed by atoms with E-state index in [2.05, 4.69) is 17.7 Å². The lowest BCUT2D eigenvalue weighted by Crippen LogP contribution is -2.53. The van der Waals surface area contributed by atoms with E-state index < -0.39 is 40.0 Å². The summed E-state index contributed by atoms with van der Waals surface area (Å²) in [4.78, 5) is 38.4. The molecule has 0 radical (unpaired) electrons. The maximum atomic E-state index is 13.3. The second-order valence-electron chi connectivity index (χ2n) is 9.04. The molecule has 4 amide bonds. The van der Waals surface area contributed by atoms with Crippen molar-refractivity contribution < 1.29 is 27.2 Å². The Morgan fingerprint density at radius 1 is 1.21 bits per heavy atom. The fraction of sp³-hybridized carbons (Fsp3) is 0.435. The van der Waals surface area contributed by atoms with Gasteiger partial charge in [0.15, 0.2) is 0 Å². The number of imide groups is 1. The highest BCUT2D eigenvalue weighted by Crippen LogP contribution is 2.35. The molecule has 1 aromatic carbocycles. The molecule has 1 aliphatic carbocycles. The molecule has 1 aliphatic heterocycles. The van der Waals surface area contributed by atoms with Crippen molar-refractivity contribution in [2.75, 3.05) is 6.54 Å². The zero-order chi connectivity index (χ0) is 24.5. The Morgan fingerprint density at radius 2 is 1.88 bits per heavy atom. The summed E-state index contributed by atoms with van der Waals surface area (Å²) >= 11 is 0. The number of hydrogen-bond donors (Lipinski definition) is 2. The minimum Gasteiger partial charge on any atom is -0.468 e. The second kappa shape index (κ2) is 9.22. The Labute approximate surface area is 198 Å². The lowest BCUT2D eigenvalue weighted by molar-refractivity contribution is -0.140. The van der Waals surface area contributed by atoms with Crippen LogP contribution in [0.4, 0.5) is 4.79 Å². The van der Waals surface area contributed by atoms with Crippen molar-refractivity contribution in [3.05, 3.63) is 54.0 Å². The van der Waals surface area contributed by atoms with Crippen molar-refractivity contribution in [3.8, 4) is 0 Å². The van der Waals surface area contributed by atoms with Gasteiger partial charge >= 0.3 is 6.03 Å². The normalized spacial score (nSPS) is 22.9. The molecule has 0 bridgehead atoms. The first-order valence-corrected chi connectivity index (χ1v) is 12.6. The van der Waals surface area contributed by atoms with Crippen molar-refractivity contribution in [2.24, 2.45) is 5.92 Å². The third-order valence-corrected chi connectivity index (χ3v) is 8.22. The van der Waals surface area contributed by atoms with E-state index in [0.717, 1.165) is 22.7 Å². The number of carbonyl (C=O) groups is 3. The monoisotopic (exact) mass is 488 g/mol. The molecule has 2 N–H and O–H groups in total. The van der Waals surface area contributed by atoms with Gasteiger partial charge in [0.2, 0.25) is 10.0 Å². The molecule has 2 fully saturated rings. The molecule has 4 rings (SSSR count). The van der Waals surface area contributed by atoms with Crippen molar-refractivity contribution in [1.29, 1.82) is 0 Å². The predicted molar refractivity (Wildman–Crippen MR) is 121 cm³/mol. The number of benzene rings is 1. The van der Waals surface area contributed by atoms with E-state index in [-0.39, 0.29) is 11.4 Å². The maximum Gasteiger partial charge on any atom is 0.344 e. The molecule has 0 unspecified atom stereocenters. The van der Waals surface area contributed by atoms with E-state index >= 15 is 0 Å². The zero-order valence-corrected chi connectivity index (χ0v) is 19.9. The summed E-state index contributed by atoms with van der Waals surface area (Å²) in [6.07, 6.45) is 3.98. The van der Waals surface area contributed by atoms with E-state index in [9.17, 15) is 22.8 Å². The van der Waals surface area contributed by atoms with Crippen LogP contribution in [-0.2, 0) is 26.2 Å². The largest absolute Gasteiger partial charge is 0.468 e. The molecule has 10 nitrogen and oxygen atoms in total. The van der Waals surface area contributed by atoms with Crippen molar-refractivity contribution in [1.82, 2.24) is 20.1 Å². The summed E-state index contributed by atoms with van der Waals surface area (Å²) < 4.78 is 32.8. The van der Waals surface area contributed by atoms with Gasteiger partial charge in [0, 0.05) is 0 Å². The summed E-state index contributed by atoms with van der Waals surface area (Å²) in [6, 6.07) is 8.74. The van der Waals surface area contributed by atoms with Crippen LogP contribution in [0, 0.1) is 12.8 Å². The molecule has 11 heteroatoms. The van der Waals surface area contributed by atoms with Gasteiger partial charge in [0.05, 0.1) is 24.2 Å². The lowest BCUT2D eigenvalue weighted by Gasteiger charge is -2.33. The zero-order valence-electron chi connectivity index (χ0n) is 19.1. The van der Waals surface area contributed by atoms with Gasteiger partial charge in [0.1, 0.15) is 11.3 Å². The first-order valence-electron chi connectivity index (χ1n) is 11.2.